The average Bonchev–Trinajstić information content (AvgIpc) is 3.21. The van der Waals surface area contributed by atoms with Crippen LogP contribution in [0.1, 0.15) is 25.3 Å². The highest BCUT2D eigenvalue weighted by atomic mass is 32.2. The molecule has 3 aliphatic heterocycles. The van der Waals surface area contributed by atoms with E-state index >= 15 is 0 Å². The number of hydrogen-bond acceptors (Lipinski definition) is 10. The highest BCUT2D eigenvalue weighted by Gasteiger charge is 2.53. The Balaban J connectivity index is 1.36. The average molecular weight is 533 g/mol. The molecule has 2 fully saturated rings. The molecule has 3 aliphatic rings. The van der Waals surface area contributed by atoms with Gasteiger partial charge in [0, 0.05) is 31.5 Å². The third-order valence-corrected chi connectivity index (χ3v) is 7.22. The first kappa shape index (κ1) is 26.2. The Labute approximate surface area is 215 Å². The third kappa shape index (κ3) is 6.09. The van der Waals surface area contributed by atoms with Gasteiger partial charge in [-0.1, -0.05) is 30.3 Å². The predicted octanol–water partition coefficient (Wildman–Crippen LogP) is 0.166. The van der Waals surface area contributed by atoms with Gasteiger partial charge in [0.1, 0.15) is 23.3 Å². The van der Waals surface area contributed by atoms with Crippen molar-refractivity contribution < 1.29 is 43.1 Å². The van der Waals surface area contributed by atoms with Crippen molar-refractivity contribution in [3.63, 3.8) is 0 Å². The van der Waals surface area contributed by atoms with Crippen molar-refractivity contribution in [1.82, 2.24) is 20.6 Å². The quantitative estimate of drug-likeness (QED) is 0.194. The van der Waals surface area contributed by atoms with Crippen LogP contribution in [0.4, 0.5) is 4.79 Å². The van der Waals surface area contributed by atoms with Gasteiger partial charge in [-0.3, -0.25) is 28.8 Å². The Morgan fingerprint density at radius 3 is 2.41 bits per heavy atom. The summed E-state index contributed by atoms with van der Waals surface area (Å²) in [6.45, 7) is 0.510. The van der Waals surface area contributed by atoms with E-state index in [1.807, 2.05) is 30.3 Å². The molecule has 1 aromatic rings. The molecule has 0 spiro atoms. The second-order valence-electron chi connectivity index (χ2n) is 8.27. The minimum absolute atomic E-state index is 0.0514. The SMILES string of the molecule is CC(=O)OCC1=CN2C(=O)C(NC(=O)NOCc3ccccc3)[C@H]2SC1C(=O)OCN1C(=O)CCC1=O. The van der Waals surface area contributed by atoms with E-state index in [0.29, 0.717) is 0 Å². The standard InChI is InChI=1S/C23H24N4O9S/c1-13(28)34-11-15-9-26-20(31)18(24-23(33)25-36-10-14-5-3-2-4-6-14)21(26)37-19(15)22(32)35-12-27-16(29)7-8-17(27)30/h2-6,9,18-19,21H,7-8,10-12H2,1H3,(H2,24,25,33)/t18?,19?,21-/m1/s1. The fraction of sp³-hybridized carbons (Fsp3) is 0.391. The van der Waals surface area contributed by atoms with Gasteiger partial charge in [-0.05, 0) is 5.56 Å². The number of carbonyl (C=O) groups excluding carboxylic acids is 6. The first-order valence-corrected chi connectivity index (χ1v) is 12.2. The molecular formula is C23H24N4O9S. The maximum absolute atomic E-state index is 12.9. The number of hydrogen-bond donors (Lipinski definition) is 2. The number of thioether (sulfide) groups is 1. The maximum atomic E-state index is 12.9. The molecule has 0 aliphatic carbocycles. The van der Waals surface area contributed by atoms with Crippen molar-refractivity contribution in [3.8, 4) is 0 Å². The molecule has 3 heterocycles. The molecular weight excluding hydrogens is 508 g/mol. The van der Waals surface area contributed by atoms with Crippen LogP contribution < -0.4 is 10.8 Å². The fourth-order valence-corrected chi connectivity index (χ4v) is 5.18. The van der Waals surface area contributed by atoms with Gasteiger partial charge in [0.2, 0.25) is 11.8 Å². The topological polar surface area (TPSA) is 161 Å². The van der Waals surface area contributed by atoms with Gasteiger partial charge in [0.15, 0.2) is 6.73 Å². The predicted molar refractivity (Wildman–Crippen MR) is 125 cm³/mol. The van der Waals surface area contributed by atoms with E-state index in [0.717, 1.165) is 22.2 Å². The number of benzene rings is 1. The number of imide groups is 1. The van der Waals surface area contributed by atoms with Crippen LogP contribution in [0.25, 0.3) is 0 Å². The molecule has 2 N–H and O–H groups in total. The number of amides is 5. The number of carbonyl (C=O) groups is 6. The molecule has 13 nitrogen and oxygen atoms in total. The van der Waals surface area contributed by atoms with Gasteiger partial charge in [-0.15, -0.1) is 11.8 Å². The first-order valence-electron chi connectivity index (χ1n) is 11.3. The van der Waals surface area contributed by atoms with Crippen molar-refractivity contribution in [2.45, 2.75) is 43.0 Å². The molecule has 0 aromatic heterocycles. The van der Waals surface area contributed by atoms with E-state index in [1.54, 1.807) is 0 Å². The third-order valence-electron chi connectivity index (χ3n) is 5.68. The zero-order valence-corrected chi connectivity index (χ0v) is 20.5. The van der Waals surface area contributed by atoms with Crippen molar-refractivity contribution in [1.29, 1.82) is 0 Å². The van der Waals surface area contributed by atoms with Crippen LogP contribution in [-0.4, -0.2) is 75.5 Å². The molecule has 37 heavy (non-hydrogen) atoms. The largest absolute Gasteiger partial charge is 0.461 e. The Hall–Kier alpha value is -3.91. The van der Waals surface area contributed by atoms with Crippen LogP contribution in [-0.2, 0) is 44.9 Å². The summed E-state index contributed by atoms with van der Waals surface area (Å²) in [6.07, 6.45) is 1.48. The molecule has 14 heteroatoms. The number of β-lactam (4-membered cyclic amide) rings is 1. The van der Waals surface area contributed by atoms with Crippen LogP contribution in [0.3, 0.4) is 0 Å². The Bertz CT molecular complexity index is 1130. The van der Waals surface area contributed by atoms with Crippen LogP contribution in [0.2, 0.25) is 0 Å². The van der Waals surface area contributed by atoms with Gasteiger partial charge in [-0.2, -0.15) is 0 Å². The number of ether oxygens (including phenoxy) is 2. The molecule has 0 bridgehead atoms. The number of nitrogens with zero attached hydrogens (tertiary/aromatic N) is 2. The van der Waals surface area contributed by atoms with Gasteiger partial charge >= 0.3 is 18.0 Å². The molecule has 3 atom stereocenters. The Kier molecular flexibility index (Phi) is 8.08. The molecule has 2 unspecified atom stereocenters. The lowest BCUT2D eigenvalue weighted by molar-refractivity contribution is -0.155. The molecule has 0 saturated carbocycles. The molecule has 1 aromatic carbocycles. The number of likely N-dealkylation sites (tertiary alicyclic amines) is 1. The summed E-state index contributed by atoms with van der Waals surface area (Å²) in [4.78, 5) is 80.0. The lowest BCUT2D eigenvalue weighted by Crippen LogP contribution is -2.70. The number of esters is 2. The van der Waals surface area contributed by atoms with Crippen molar-refractivity contribution in [3.05, 3.63) is 47.7 Å². The van der Waals surface area contributed by atoms with Gasteiger partial charge in [0.25, 0.3) is 5.91 Å². The first-order chi connectivity index (χ1) is 17.7. The van der Waals surface area contributed by atoms with Crippen LogP contribution >= 0.6 is 11.8 Å². The number of urea groups is 1. The van der Waals surface area contributed by atoms with Gasteiger partial charge in [-0.25, -0.2) is 15.2 Å². The summed E-state index contributed by atoms with van der Waals surface area (Å²) >= 11 is 1.01. The summed E-state index contributed by atoms with van der Waals surface area (Å²) in [7, 11) is 0. The van der Waals surface area contributed by atoms with E-state index in [1.165, 1.54) is 18.0 Å². The molecule has 5 amide bonds. The lowest BCUT2D eigenvalue weighted by atomic mass is 10.1. The number of rotatable bonds is 9. The minimum atomic E-state index is -1.01. The fourth-order valence-electron chi connectivity index (χ4n) is 3.78. The van der Waals surface area contributed by atoms with E-state index < -0.39 is 59.1 Å². The summed E-state index contributed by atoms with van der Waals surface area (Å²) in [5.41, 5.74) is 3.33. The van der Waals surface area contributed by atoms with Crippen molar-refractivity contribution >= 4 is 47.5 Å². The van der Waals surface area contributed by atoms with Crippen LogP contribution in [0, 0.1) is 0 Å². The van der Waals surface area contributed by atoms with E-state index in [2.05, 4.69) is 10.8 Å². The number of hydroxylamine groups is 1. The summed E-state index contributed by atoms with van der Waals surface area (Å²) in [5.74, 6) is -2.69. The normalized spacial score (nSPS) is 22.6. The van der Waals surface area contributed by atoms with Gasteiger partial charge in [0.05, 0.1) is 6.61 Å². The van der Waals surface area contributed by atoms with E-state index in [-0.39, 0.29) is 31.6 Å². The lowest BCUT2D eigenvalue weighted by Gasteiger charge is -2.48. The molecule has 0 radical (unpaired) electrons. The highest BCUT2D eigenvalue weighted by Crippen LogP contribution is 2.41. The van der Waals surface area contributed by atoms with Crippen molar-refractivity contribution in [2.24, 2.45) is 0 Å². The maximum Gasteiger partial charge on any atom is 0.339 e. The molecule has 196 valence electrons. The monoisotopic (exact) mass is 532 g/mol. The molecule has 4 rings (SSSR count). The minimum Gasteiger partial charge on any atom is -0.461 e. The van der Waals surface area contributed by atoms with Crippen LogP contribution in [0.5, 0.6) is 0 Å². The number of nitrogens with one attached hydrogen (secondary N) is 2. The van der Waals surface area contributed by atoms with E-state index in [4.69, 9.17) is 14.3 Å². The number of fused-ring (bicyclic) bond motifs is 1. The van der Waals surface area contributed by atoms with Crippen LogP contribution in [0.15, 0.2) is 42.1 Å². The van der Waals surface area contributed by atoms with Gasteiger partial charge < -0.3 is 19.7 Å². The Morgan fingerprint density at radius 2 is 1.73 bits per heavy atom. The summed E-state index contributed by atoms with van der Waals surface area (Å²) in [6, 6.07) is 7.43. The highest BCUT2D eigenvalue weighted by molar-refractivity contribution is 8.01. The second-order valence-corrected chi connectivity index (χ2v) is 9.50. The summed E-state index contributed by atoms with van der Waals surface area (Å²) < 4.78 is 10.2. The smallest absolute Gasteiger partial charge is 0.339 e. The zero-order valence-electron chi connectivity index (χ0n) is 19.7. The van der Waals surface area contributed by atoms with E-state index in [9.17, 15) is 28.8 Å². The Morgan fingerprint density at radius 1 is 1.03 bits per heavy atom. The zero-order chi connectivity index (χ0) is 26.5. The second kappa shape index (κ2) is 11.4. The molecule has 2 saturated heterocycles. The van der Waals surface area contributed by atoms with Crippen molar-refractivity contribution in [2.75, 3.05) is 13.3 Å². The summed E-state index contributed by atoms with van der Waals surface area (Å²) in [5, 5.41) is 0.850.